The lowest BCUT2D eigenvalue weighted by Crippen LogP contribution is -2.35. The highest BCUT2D eigenvalue weighted by atomic mass is 32.2. The van der Waals surface area contributed by atoms with Crippen molar-refractivity contribution >= 4 is 38.9 Å². The van der Waals surface area contributed by atoms with Crippen LogP contribution < -0.4 is 4.72 Å². The molecule has 32 heavy (non-hydrogen) atoms. The Morgan fingerprint density at radius 2 is 2.03 bits per heavy atom. The fourth-order valence-electron chi connectivity index (χ4n) is 2.77. The summed E-state index contributed by atoms with van der Waals surface area (Å²) in [6, 6.07) is 9.54. The Bertz CT molecular complexity index is 1170. The summed E-state index contributed by atoms with van der Waals surface area (Å²) in [5.41, 5.74) is 0.338. The van der Waals surface area contributed by atoms with E-state index in [-0.39, 0.29) is 23.7 Å². The number of rotatable bonds is 10. The van der Waals surface area contributed by atoms with Crippen LogP contribution in [0, 0.1) is 0 Å². The largest absolute Gasteiger partial charge is 0.452 e. The van der Waals surface area contributed by atoms with Gasteiger partial charge in [-0.05, 0) is 36.1 Å². The normalized spacial score (nSPS) is 11.2. The molecule has 2 heterocycles. The molecule has 0 fully saturated rings. The topological polar surface area (TPSA) is 132 Å². The molecule has 0 radical (unpaired) electrons. The molecule has 1 N–H and O–H groups in total. The molecule has 0 spiro atoms. The van der Waals surface area contributed by atoms with E-state index in [1.54, 1.807) is 0 Å². The molecule has 0 aliphatic heterocycles. The molecular formula is C20H22N4O6S2. The first kappa shape index (κ1) is 23.4. The highest BCUT2D eigenvalue weighted by Crippen LogP contribution is 2.23. The minimum Gasteiger partial charge on any atom is -0.452 e. The van der Waals surface area contributed by atoms with Crippen LogP contribution in [0.15, 0.2) is 46.2 Å². The first-order valence-corrected chi connectivity index (χ1v) is 12.4. The molecule has 0 aliphatic carbocycles. The Balaban J connectivity index is 1.60. The molecular weight excluding hydrogens is 456 g/mol. The number of sulfonamides is 1. The van der Waals surface area contributed by atoms with Gasteiger partial charge in [-0.1, -0.05) is 19.1 Å². The summed E-state index contributed by atoms with van der Waals surface area (Å²) in [4.78, 5) is 27.3. The van der Waals surface area contributed by atoms with Gasteiger partial charge in [-0.15, -0.1) is 21.5 Å². The molecule has 3 rings (SSSR count). The van der Waals surface area contributed by atoms with E-state index in [2.05, 4.69) is 14.9 Å². The summed E-state index contributed by atoms with van der Waals surface area (Å²) in [7, 11) is -3.49. The number of aromatic nitrogens is 2. The molecule has 170 valence electrons. The summed E-state index contributed by atoms with van der Waals surface area (Å²) >= 11 is 1.47. The summed E-state index contributed by atoms with van der Waals surface area (Å²) in [5, 5.41) is 9.89. The monoisotopic (exact) mass is 478 g/mol. The van der Waals surface area contributed by atoms with Gasteiger partial charge in [0.1, 0.15) is 0 Å². The standard InChI is InChI=1S/C20H22N4O6S2/c1-3-9-24(12-17-21-22-19(30-17)16-8-5-10-31-16)18(25)13-29-20(26)14-6-4-7-15(11-14)23-32(2,27)28/h4-8,10-11,23H,3,9,12-13H2,1-2H3. The Morgan fingerprint density at radius 1 is 1.22 bits per heavy atom. The first-order valence-electron chi connectivity index (χ1n) is 9.64. The van der Waals surface area contributed by atoms with Gasteiger partial charge in [-0.25, -0.2) is 13.2 Å². The number of nitrogens with one attached hydrogen (secondary N) is 1. The highest BCUT2D eigenvalue weighted by Gasteiger charge is 2.20. The lowest BCUT2D eigenvalue weighted by Gasteiger charge is -2.20. The van der Waals surface area contributed by atoms with E-state index in [4.69, 9.17) is 9.15 Å². The number of amides is 1. The average Bonchev–Trinajstić information content (AvgIpc) is 3.42. The molecule has 12 heteroatoms. The third-order valence-corrected chi connectivity index (χ3v) is 5.56. The van der Waals surface area contributed by atoms with Gasteiger partial charge in [0.25, 0.3) is 11.8 Å². The number of anilines is 1. The second-order valence-electron chi connectivity index (χ2n) is 6.82. The smallest absolute Gasteiger partial charge is 0.338 e. The molecule has 3 aromatic rings. The molecule has 0 saturated heterocycles. The average molecular weight is 479 g/mol. The van der Waals surface area contributed by atoms with E-state index in [1.807, 2.05) is 24.4 Å². The minimum atomic E-state index is -3.49. The number of esters is 1. The van der Waals surface area contributed by atoms with Gasteiger partial charge < -0.3 is 14.1 Å². The van der Waals surface area contributed by atoms with Gasteiger partial charge in [-0.2, -0.15) is 0 Å². The minimum absolute atomic E-state index is 0.0936. The van der Waals surface area contributed by atoms with Crippen LogP contribution in [-0.4, -0.2) is 54.8 Å². The van der Waals surface area contributed by atoms with Gasteiger partial charge in [-0.3, -0.25) is 9.52 Å². The van der Waals surface area contributed by atoms with Gasteiger partial charge in [0.05, 0.1) is 23.2 Å². The second-order valence-corrected chi connectivity index (χ2v) is 9.52. The molecule has 1 aromatic carbocycles. The maximum absolute atomic E-state index is 12.6. The first-order chi connectivity index (χ1) is 15.2. The van der Waals surface area contributed by atoms with Crippen LogP contribution in [0.3, 0.4) is 0 Å². The maximum Gasteiger partial charge on any atom is 0.338 e. The second kappa shape index (κ2) is 10.4. The summed E-state index contributed by atoms with van der Waals surface area (Å²) < 4.78 is 35.8. The zero-order chi connectivity index (χ0) is 23.1. The third-order valence-electron chi connectivity index (χ3n) is 4.10. The van der Waals surface area contributed by atoms with Crippen molar-refractivity contribution in [2.24, 2.45) is 0 Å². The molecule has 0 aliphatic rings. The Morgan fingerprint density at radius 3 is 2.72 bits per heavy atom. The quantitative estimate of drug-likeness (QED) is 0.440. The zero-order valence-electron chi connectivity index (χ0n) is 17.5. The van der Waals surface area contributed by atoms with Crippen LogP contribution in [0.5, 0.6) is 0 Å². The van der Waals surface area contributed by atoms with Crippen LogP contribution in [0.25, 0.3) is 10.8 Å². The van der Waals surface area contributed by atoms with Crippen molar-refractivity contribution in [3.8, 4) is 10.8 Å². The number of benzene rings is 1. The van der Waals surface area contributed by atoms with E-state index in [1.165, 1.54) is 40.5 Å². The van der Waals surface area contributed by atoms with E-state index >= 15 is 0 Å². The number of carbonyl (C=O) groups excluding carboxylic acids is 2. The van der Waals surface area contributed by atoms with Gasteiger partial charge >= 0.3 is 5.97 Å². The molecule has 0 unspecified atom stereocenters. The van der Waals surface area contributed by atoms with Gasteiger partial charge in [0.15, 0.2) is 6.61 Å². The Hall–Kier alpha value is -3.25. The summed E-state index contributed by atoms with van der Waals surface area (Å²) in [6.07, 6.45) is 1.69. The molecule has 0 saturated carbocycles. The van der Waals surface area contributed by atoms with Crippen LogP contribution >= 0.6 is 11.3 Å². The Kier molecular flexibility index (Phi) is 7.59. The van der Waals surface area contributed by atoms with Crippen molar-refractivity contribution in [3.05, 3.63) is 53.2 Å². The van der Waals surface area contributed by atoms with E-state index < -0.39 is 28.5 Å². The van der Waals surface area contributed by atoms with Crippen LogP contribution in [-0.2, 0) is 26.1 Å². The lowest BCUT2D eigenvalue weighted by atomic mass is 10.2. The molecule has 2 aromatic heterocycles. The third kappa shape index (κ3) is 6.62. The summed E-state index contributed by atoms with van der Waals surface area (Å²) in [6.45, 7) is 1.95. The van der Waals surface area contributed by atoms with Crippen molar-refractivity contribution in [2.45, 2.75) is 19.9 Å². The molecule has 0 bridgehead atoms. The van der Waals surface area contributed by atoms with Crippen LogP contribution in [0.4, 0.5) is 5.69 Å². The van der Waals surface area contributed by atoms with E-state index in [0.29, 0.717) is 18.9 Å². The van der Waals surface area contributed by atoms with Crippen LogP contribution in [0.1, 0.15) is 29.6 Å². The summed E-state index contributed by atoms with van der Waals surface area (Å²) in [5.74, 6) is -0.500. The van der Waals surface area contributed by atoms with E-state index in [0.717, 1.165) is 11.1 Å². The van der Waals surface area contributed by atoms with Crippen molar-refractivity contribution < 1.29 is 27.2 Å². The predicted molar refractivity (Wildman–Crippen MR) is 119 cm³/mol. The Labute approximate surface area is 189 Å². The SMILES string of the molecule is CCCN(Cc1nnc(-c2cccs2)o1)C(=O)COC(=O)c1cccc(NS(C)(=O)=O)c1. The van der Waals surface area contributed by atoms with Gasteiger partial charge in [0.2, 0.25) is 15.9 Å². The number of hydrogen-bond acceptors (Lipinski definition) is 9. The molecule has 1 amide bonds. The number of hydrogen-bond donors (Lipinski definition) is 1. The van der Waals surface area contributed by atoms with Crippen LogP contribution in [0.2, 0.25) is 0 Å². The fourth-order valence-corrected chi connectivity index (χ4v) is 3.97. The van der Waals surface area contributed by atoms with Crippen molar-refractivity contribution in [2.75, 3.05) is 24.1 Å². The highest BCUT2D eigenvalue weighted by molar-refractivity contribution is 7.92. The molecule has 0 atom stereocenters. The predicted octanol–water partition coefficient (Wildman–Crippen LogP) is 2.77. The molecule has 10 nitrogen and oxygen atoms in total. The number of carbonyl (C=O) groups is 2. The number of ether oxygens (including phenoxy) is 1. The van der Waals surface area contributed by atoms with Crippen molar-refractivity contribution in [3.63, 3.8) is 0 Å². The number of nitrogens with zero attached hydrogens (tertiary/aromatic N) is 3. The number of thiophene rings is 1. The fraction of sp³-hybridized carbons (Fsp3) is 0.300. The maximum atomic E-state index is 12.6. The van der Waals surface area contributed by atoms with Crippen molar-refractivity contribution in [1.82, 2.24) is 15.1 Å². The van der Waals surface area contributed by atoms with Gasteiger partial charge in [0, 0.05) is 12.2 Å². The van der Waals surface area contributed by atoms with Crippen molar-refractivity contribution in [1.29, 1.82) is 0 Å². The lowest BCUT2D eigenvalue weighted by molar-refractivity contribution is -0.135. The zero-order valence-corrected chi connectivity index (χ0v) is 19.1. The van der Waals surface area contributed by atoms with E-state index in [9.17, 15) is 18.0 Å².